The van der Waals surface area contributed by atoms with E-state index in [0.29, 0.717) is 28.4 Å². The molecule has 0 radical (unpaired) electrons. The Morgan fingerprint density at radius 3 is 2.46 bits per heavy atom. The third-order valence-electron chi connectivity index (χ3n) is 6.30. The number of nitro groups is 1. The predicted molar refractivity (Wildman–Crippen MR) is 140 cm³/mol. The molecule has 1 fully saturated rings. The van der Waals surface area contributed by atoms with Gasteiger partial charge in [0.15, 0.2) is 5.16 Å². The van der Waals surface area contributed by atoms with E-state index in [-0.39, 0.29) is 11.2 Å². The molecule has 1 aliphatic rings. The number of rotatable bonds is 7. The summed E-state index contributed by atoms with van der Waals surface area (Å²) in [5.74, 6) is 0.472. The maximum absolute atomic E-state index is 13.7. The van der Waals surface area contributed by atoms with E-state index in [1.54, 1.807) is 16.7 Å². The number of aromatic nitrogens is 2. The fraction of sp³-hybridized carbons (Fsp3) is 0.259. The Balaban J connectivity index is 1.53. The fourth-order valence-corrected chi connectivity index (χ4v) is 5.40. The van der Waals surface area contributed by atoms with E-state index in [1.807, 2.05) is 48.5 Å². The molecule has 5 rings (SSSR count). The zero-order valence-electron chi connectivity index (χ0n) is 19.3. The van der Waals surface area contributed by atoms with Gasteiger partial charge in [-0.25, -0.2) is 4.98 Å². The van der Waals surface area contributed by atoms with Crippen LogP contribution in [0.3, 0.4) is 0 Å². The topological polar surface area (TPSA) is 81.3 Å². The summed E-state index contributed by atoms with van der Waals surface area (Å²) in [6.07, 6.45) is 3.59. The van der Waals surface area contributed by atoms with Gasteiger partial charge < -0.3 is 4.90 Å². The molecule has 0 N–H and O–H groups in total. The summed E-state index contributed by atoms with van der Waals surface area (Å²) in [7, 11) is 0. The van der Waals surface area contributed by atoms with Crippen molar-refractivity contribution < 1.29 is 4.92 Å². The number of non-ortho nitro benzene ring substituents is 1. The second-order valence-electron chi connectivity index (χ2n) is 8.74. The molecular formula is C27H26N4O3S. The van der Waals surface area contributed by atoms with Crippen molar-refractivity contribution >= 4 is 34.0 Å². The zero-order chi connectivity index (χ0) is 24.2. The van der Waals surface area contributed by atoms with Gasteiger partial charge >= 0.3 is 0 Å². The molecule has 1 aromatic heterocycles. The highest BCUT2D eigenvalue weighted by Crippen LogP contribution is 2.27. The van der Waals surface area contributed by atoms with Gasteiger partial charge in [0.05, 0.1) is 22.4 Å². The summed E-state index contributed by atoms with van der Waals surface area (Å²) in [6.45, 7) is 2.43. The summed E-state index contributed by atoms with van der Waals surface area (Å²) in [4.78, 5) is 31.7. The highest BCUT2D eigenvalue weighted by molar-refractivity contribution is 7.98. The maximum Gasteiger partial charge on any atom is 0.269 e. The lowest BCUT2D eigenvalue weighted by atomic mass is 10.1. The summed E-state index contributed by atoms with van der Waals surface area (Å²) >= 11 is 1.42. The minimum Gasteiger partial charge on any atom is -0.372 e. The van der Waals surface area contributed by atoms with Crippen LogP contribution in [0.1, 0.15) is 30.4 Å². The van der Waals surface area contributed by atoms with Gasteiger partial charge in [-0.05, 0) is 48.6 Å². The molecule has 1 aliphatic heterocycles. The Kier molecular flexibility index (Phi) is 6.81. The minimum atomic E-state index is -0.395. The number of hydrogen-bond donors (Lipinski definition) is 0. The van der Waals surface area contributed by atoms with Crippen molar-refractivity contribution in [3.05, 3.63) is 104 Å². The fourth-order valence-electron chi connectivity index (χ4n) is 4.46. The van der Waals surface area contributed by atoms with Crippen LogP contribution in [0.4, 0.5) is 11.4 Å². The summed E-state index contributed by atoms with van der Waals surface area (Å²) < 4.78 is 1.72. The average Bonchev–Trinajstić information content (AvgIpc) is 2.90. The lowest BCUT2D eigenvalue weighted by molar-refractivity contribution is -0.384. The van der Waals surface area contributed by atoms with Crippen molar-refractivity contribution in [3.63, 3.8) is 0 Å². The summed E-state index contributed by atoms with van der Waals surface area (Å²) in [5.41, 5.74) is 3.55. The van der Waals surface area contributed by atoms with Crippen molar-refractivity contribution in [2.24, 2.45) is 0 Å². The van der Waals surface area contributed by atoms with Crippen LogP contribution >= 0.6 is 11.8 Å². The normalized spacial score (nSPS) is 13.8. The number of anilines is 1. The quantitative estimate of drug-likeness (QED) is 0.146. The molecule has 7 nitrogen and oxygen atoms in total. The van der Waals surface area contributed by atoms with E-state index in [0.717, 1.165) is 29.9 Å². The smallest absolute Gasteiger partial charge is 0.269 e. The molecule has 4 aromatic rings. The van der Waals surface area contributed by atoms with Gasteiger partial charge in [-0.1, -0.05) is 54.2 Å². The number of hydrogen-bond acceptors (Lipinski definition) is 6. The molecule has 0 bridgehead atoms. The molecule has 0 aliphatic carbocycles. The average molecular weight is 487 g/mol. The predicted octanol–water partition coefficient (Wildman–Crippen LogP) is 5.64. The Morgan fingerprint density at radius 1 is 0.914 bits per heavy atom. The number of thioether (sulfide) groups is 1. The molecular weight excluding hydrogens is 460 g/mol. The maximum atomic E-state index is 13.7. The standard InChI is InChI=1S/C27H26N4O3S/c32-26-24-17-22(29-14-5-2-6-15-29)12-13-25(24)28-27(30(26)18-20-8-3-1-4-9-20)35-19-21-10-7-11-23(16-21)31(33)34/h1,3-4,7-13,16-17H,2,5-6,14-15,18-19H2. The summed E-state index contributed by atoms with van der Waals surface area (Å²) in [5, 5.41) is 12.4. The first-order chi connectivity index (χ1) is 17.1. The van der Waals surface area contributed by atoms with Crippen LogP contribution < -0.4 is 10.5 Å². The highest BCUT2D eigenvalue weighted by atomic mass is 32.2. The van der Waals surface area contributed by atoms with E-state index < -0.39 is 4.92 Å². The number of piperidine rings is 1. The van der Waals surface area contributed by atoms with E-state index in [2.05, 4.69) is 11.0 Å². The Hall–Kier alpha value is -3.65. The van der Waals surface area contributed by atoms with Gasteiger partial charge in [-0.15, -0.1) is 0 Å². The number of nitrogens with zero attached hydrogens (tertiary/aromatic N) is 4. The SMILES string of the molecule is O=c1c2cc(N3CCCCC3)ccc2nc(SCc2cccc([N+](=O)[O-])c2)n1Cc1ccccc1. The molecule has 35 heavy (non-hydrogen) atoms. The molecule has 0 unspecified atom stereocenters. The van der Waals surface area contributed by atoms with E-state index in [1.165, 1.54) is 37.1 Å². The van der Waals surface area contributed by atoms with Crippen molar-refractivity contribution in [1.29, 1.82) is 0 Å². The van der Waals surface area contributed by atoms with Crippen molar-refractivity contribution in [1.82, 2.24) is 9.55 Å². The largest absolute Gasteiger partial charge is 0.372 e. The number of benzene rings is 3. The van der Waals surface area contributed by atoms with E-state index >= 15 is 0 Å². The molecule has 0 atom stereocenters. The van der Waals surface area contributed by atoms with E-state index in [9.17, 15) is 14.9 Å². The molecule has 2 heterocycles. The molecule has 8 heteroatoms. The van der Waals surface area contributed by atoms with Crippen LogP contribution in [0.5, 0.6) is 0 Å². The van der Waals surface area contributed by atoms with Gasteiger partial charge in [0, 0.05) is 36.7 Å². The van der Waals surface area contributed by atoms with Gasteiger partial charge in [0.2, 0.25) is 0 Å². The van der Waals surface area contributed by atoms with Gasteiger partial charge in [0.1, 0.15) is 0 Å². The van der Waals surface area contributed by atoms with Crippen LogP contribution in [0.15, 0.2) is 82.7 Å². The van der Waals surface area contributed by atoms with Crippen molar-refractivity contribution in [3.8, 4) is 0 Å². The van der Waals surface area contributed by atoms with Crippen LogP contribution in [-0.2, 0) is 12.3 Å². The van der Waals surface area contributed by atoms with Gasteiger partial charge in [0.25, 0.3) is 11.2 Å². The number of nitro benzene ring substituents is 1. The summed E-state index contributed by atoms with van der Waals surface area (Å²) in [6, 6.07) is 22.4. The Bertz CT molecular complexity index is 1420. The molecule has 3 aromatic carbocycles. The first-order valence-electron chi connectivity index (χ1n) is 11.8. The Labute approximate surface area is 207 Å². The Morgan fingerprint density at radius 2 is 1.69 bits per heavy atom. The van der Waals surface area contributed by atoms with Crippen LogP contribution in [0, 0.1) is 10.1 Å². The lowest BCUT2D eigenvalue weighted by Gasteiger charge is -2.29. The van der Waals surface area contributed by atoms with Crippen LogP contribution in [-0.4, -0.2) is 27.6 Å². The molecule has 0 spiro atoms. The van der Waals surface area contributed by atoms with Gasteiger partial charge in [-0.2, -0.15) is 0 Å². The molecule has 0 saturated carbocycles. The number of fused-ring (bicyclic) bond motifs is 1. The second-order valence-corrected chi connectivity index (χ2v) is 9.68. The molecule has 1 saturated heterocycles. The van der Waals surface area contributed by atoms with E-state index in [4.69, 9.17) is 4.98 Å². The molecule has 178 valence electrons. The molecule has 0 amide bonds. The second kappa shape index (κ2) is 10.3. The highest BCUT2D eigenvalue weighted by Gasteiger charge is 2.16. The van der Waals surface area contributed by atoms with Crippen molar-refractivity contribution in [2.45, 2.75) is 36.7 Å². The van der Waals surface area contributed by atoms with Gasteiger partial charge in [-0.3, -0.25) is 19.5 Å². The third kappa shape index (κ3) is 5.22. The van der Waals surface area contributed by atoms with Crippen LogP contribution in [0.2, 0.25) is 0 Å². The first-order valence-corrected chi connectivity index (χ1v) is 12.8. The first kappa shape index (κ1) is 23.1. The van der Waals surface area contributed by atoms with Crippen molar-refractivity contribution in [2.75, 3.05) is 18.0 Å². The zero-order valence-corrected chi connectivity index (χ0v) is 20.1. The lowest BCUT2D eigenvalue weighted by Crippen LogP contribution is -2.30. The third-order valence-corrected chi connectivity index (χ3v) is 7.34. The minimum absolute atomic E-state index is 0.0569. The monoisotopic (exact) mass is 486 g/mol. The van der Waals surface area contributed by atoms with Crippen LogP contribution in [0.25, 0.3) is 10.9 Å².